The Balaban J connectivity index is 1.82. The predicted octanol–water partition coefficient (Wildman–Crippen LogP) is 6.30. The Labute approximate surface area is 154 Å². The Hall–Kier alpha value is -2.64. The molecular formula is C25H22O. The van der Waals surface area contributed by atoms with Gasteiger partial charge in [-0.05, 0) is 63.6 Å². The Morgan fingerprint density at radius 2 is 1.38 bits per heavy atom. The van der Waals surface area contributed by atoms with Gasteiger partial charge in [0, 0.05) is 0 Å². The number of hydrogen-bond donors (Lipinski definition) is 0. The summed E-state index contributed by atoms with van der Waals surface area (Å²) >= 11 is 0. The van der Waals surface area contributed by atoms with Gasteiger partial charge in [0.15, 0.2) is 0 Å². The SMILES string of the molecule is Cc1ccc2ccccc2c1-c1c(CCC2CO2)ccc2ccccc12. The molecule has 1 unspecified atom stereocenters. The van der Waals surface area contributed by atoms with Crippen LogP contribution < -0.4 is 0 Å². The van der Waals surface area contributed by atoms with Gasteiger partial charge >= 0.3 is 0 Å². The second kappa shape index (κ2) is 6.26. The topological polar surface area (TPSA) is 12.5 Å². The van der Waals surface area contributed by atoms with Crippen molar-refractivity contribution in [3.05, 3.63) is 83.9 Å². The number of rotatable bonds is 4. The average molecular weight is 338 g/mol. The normalized spacial score (nSPS) is 16.3. The highest BCUT2D eigenvalue weighted by Gasteiger charge is 2.23. The molecule has 1 atom stereocenters. The Morgan fingerprint density at radius 1 is 0.769 bits per heavy atom. The van der Waals surface area contributed by atoms with E-state index in [1.807, 2.05) is 0 Å². The number of aryl methyl sites for hydroxylation is 2. The van der Waals surface area contributed by atoms with Crippen molar-refractivity contribution in [2.75, 3.05) is 6.61 Å². The molecule has 1 heterocycles. The van der Waals surface area contributed by atoms with Crippen molar-refractivity contribution in [2.45, 2.75) is 25.9 Å². The summed E-state index contributed by atoms with van der Waals surface area (Å²) in [7, 11) is 0. The van der Waals surface area contributed by atoms with Crippen LogP contribution in [0, 0.1) is 6.92 Å². The number of benzene rings is 4. The highest BCUT2D eigenvalue weighted by Crippen LogP contribution is 2.39. The number of ether oxygens (including phenoxy) is 1. The minimum atomic E-state index is 0.461. The van der Waals surface area contributed by atoms with E-state index in [1.165, 1.54) is 43.8 Å². The van der Waals surface area contributed by atoms with Crippen LogP contribution in [-0.4, -0.2) is 12.7 Å². The second-order valence-corrected chi connectivity index (χ2v) is 7.29. The molecule has 0 amide bonds. The molecule has 1 heteroatoms. The molecule has 1 saturated heterocycles. The van der Waals surface area contributed by atoms with Crippen LogP contribution in [0.15, 0.2) is 72.8 Å². The molecule has 26 heavy (non-hydrogen) atoms. The minimum absolute atomic E-state index is 0.461. The van der Waals surface area contributed by atoms with Crippen LogP contribution in [-0.2, 0) is 11.2 Å². The molecule has 0 spiro atoms. The maximum absolute atomic E-state index is 5.46. The van der Waals surface area contributed by atoms with Crippen molar-refractivity contribution >= 4 is 21.5 Å². The van der Waals surface area contributed by atoms with Crippen LogP contribution in [0.1, 0.15) is 17.5 Å². The summed E-state index contributed by atoms with van der Waals surface area (Å²) in [6.45, 7) is 3.16. The lowest BCUT2D eigenvalue weighted by Crippen LogP contribution is -1.97. The fraction of sp³-hybridized carbons (Fsp3) is 0.200. The van der Waals surface area contributed by atoms with Crippen LogP contribution in [0.2, 0.25) is 0 Å². The van der Waals surface area contributed by atoms with Gasteiger partial charge in [0.2, 0.25) is 0 Å². The third-order valence-electron chi connectivity index (χ3n) is 5.54. The quantitative estimate of drug-likeness (QED) is 0.398. The van der Waals surface area contributed by atoms with E-state index < -0.39 is 0 Å². The lowest BCUT2D eigenvalue weighted by atomic mass is 9.86. The van der Waals surface area contributed by atoms with Crippen LogP contribution in [0.5, 0.6) is 0 Å². The highest BCUT2D eigenvalue weighted by molar-refractivity contribution is 6.07. The summed E-state index contributed by atoms with van der Waals surface area (Å²) in [5.41, 5.74) is 5.55. The van der Waals surface area contributed by atoms with Crippen molar-refractivity contribution < 1.29 is 4.74 Å². The predicted molar refractivity (Wildman–Crippen MR) is 110 cm³/mol. The summed E-state index contributed by atoms with van der Waals surface area (Å²) in [4.78, 5) is 0. The van der Waals surface area contributed by atoms with Crippen LogP contribution >= 0.6 is 0 Å². The Bertz CT molecular complexity index is 1110. The van der Waals surface area contributed by atoms with E-state index in [0.717, 1.165) is 19.4 Å². The molecule has 4 aromatic rings. The van der Waals surface area contributed by atoms with E-state index in [9.17, 15) is 0 Å². The molecule has 0 radical (unpaired) electrons. The fourth-order valence-corrected chi connectivity index (χ4v) is 4.08. The third-order valence-corrected chi connectivity index (χ3v) is 5.54. The van der Waals surface area contributed by atoms with E-state index in [4.69, 9.17) is 4.74 Å². The first-order valence-corrected chi connectivity index (χ1v) is 9.42. The molecule has 1 aliphatic heterocycles. The molecule has 128 valence electrons. The van der Waals surface area contributed by atoms with Gasteiger partial charge in [0.25, 0.3) is 0 Å². The van der Waals surface area contributed by atoms with Gasteiger partial charge < -0.3 is 4.74 Å². The lowest BCUT2D eigenvalue weighted by Gasteiger charge is -2.18. The van der Waals surface area contributed by atoms with Gasteiger partial charge in [-0.25, -0.2) is 0 Å². The van der Waals surface area contributed by atoms with Gasteiger partial charge in [-0.1, -0.05) is 72.8 Å². The Kier molecular flexibility index (Phi) is 3.76. The molecule has 5 rings (SSSR count). The highest BCUT2D eigenvalue weighted by atomic mass is 16.6. The lowest BCUT2D eigenvalue weighted by molar-refractivity contribution is 0.397. The average Bonchev–Trinajstić information content (AvgIpc) is 3.51. The summed E-state index contributed by atoms with van der Waals surface area (Å²) in [6, 6.07) is 26.6. The van der Waals surface area contributed by atoms with Crippen molar-refractivity contribution in [2.24, 2.45) is 0 Å². The standard InChI is InChI=1S/C25H22O/c1-17-10-11-18-6-2-4-8-22(18)24(17)25-20(14-15-21-16-26-21)13-12-19-7-3-5-9-23(19)25/h2-13,21H,14-16H2,1H3. The fourth-order valence-electron chi connectivity index (χ4n) is 4.08. The van der Waals surface area contributed by atoms with Crippen LogP contribution in [0.25, 0.3) is 32.7 Å². The van der Waals surface area contributed by atoms with Crippen molar-refractivity contribution in [3.8, 4) is 11.1 Å². The van der Waals surface area contributed by atoms with E-state index in [-0.39, 0.29) is 0 Å². The largest absolute Gasteiger partial charge is 0.373 e. The van der Waals surface area contributed by atoms with Crippen molar-refractivity contribution in [3.63, 3.8) is 0 Å². The van der Waals surface area contributed by atoms with Crippen LogP contribution in [0.4, 0.5) is 0 Å². The van der Waals surface area contributed by atoms with Crippen molar-refractivity contribution in [1.29, 1.82) is 0 Å². The van der Waals surface area contributed by atoms with E-state index in [1.54, 1.807) is 0 Å². The first kappa shape index (κ1) is 15.6. The number of hydrogen-bond acceptors (Lipinski definition) is 1. The molecule has 0 N–H and O–H groups in total. The van der Waals surface area contributed by atoms with E-state index in [0.29, 0.717) is 6.10 Å². The smallest absolute Gasteiger partial charge is 0.0813 e. The van der Waals surface area contributed by atoms with Gasteiger partial charge in [-0.15, -0.1) is 0 Å². The minimum Gasteiger partial charge on any atom is -0.373 e. The monoisotopic (exact) mass is 338 g/mol. The van der Waals surface area contributed by atoms with Gasteiger partial charge in [-0.3, -0.25) is 0 Å². The Morgan fingerprint density at radius 3 is 2.08 bits per heavy atom. The zero-order valence-electron chi connectivity index (χ0n) is 15.0. The molecule has 1 fully saturated rings. The van der Waals surface area contributed by atoms with Gasteiger partial charge in [0.05, 0.1) is 12.7 Å². The summed E-state index contributed by atoms with van der Waals surface area (Å²) in [6.07, 6.45) is 2.63. The summed E-state index contributed by atoms with van der Waals surface area (Å²) in [5, 5.41) is 5.30. The molecule has 0 aromatic heterocycles. The summed E-state index contributed by atoms with van der Waals surface area (Å²) < 4.78 is 5.46. The first-order chi connectivity index (χ1) is 12.8. The number of fused-ring (bicyclic) bond motifs is 2. The molecule has 0 aliphatic carbocycles. The first-order valence-electron chi connectivity index (χ1n) is 9.42. The maximum Gasteiger partial charge on any atom is 0.0813 e. The molecule has 0 saturated carbocycles. The zero-order chi connectivity index (χ0) is 17.5. The van der Waals surface area contributed by atoms with Crippen molar-refractivity contribution in [1.82, 2.24) is 0 Å². The molecular weight excluding hydrogens is 316 g/mol. The molecule has 4 aromatic carbocycles. The van der Waals surface area contributed by atoms with Gasteiger partial charge in [-0.2, -0.15) is 0 Å². The zero-order valence-corrected chi connectivity index (χ0v) is 15.0. The number of epoxide rings is 1. The third kappa shape index (κ3) is 2.69. The van der Waals surface area contributed by atoms with Crippen LogP contribution in [0.3, 0.4) is 0 Å². The van der Waals surface area contributed by atoms with Gasteiger partial charge in [0.1, 0.15) is 0 Å². The van der Waals surface area contributed by atoms with E-state index in [2.05, 4.69) is 79.7 Å². The molecule has 1 aliphatic rings. The molecule has 1 nitrogen and oxygen atoms in total. The molecule has 0 bridgehead atoms. The maximum atomic E-state index is 5.46. The van der Waals surface area contributed by atoms with E-state index >= 15 is 0 Å². The summed E-state index contributed by atoms with van der Waals surface area (Å²) in [5.74, 6) is 0. The second-order valence-electron chi connectivity index (χ2n) is 7.29.